The van der Waals surface area contributed by atoms with Crippen LogP contribution in [-0.2, 0) is 28.5 Å². The minimum absolute atomic E-state index is 0.00490. The van der Waals surface area contributed by atoms with Gasteiger partial charge in [0.1, 0.15) is 11.7 Å². The van der Waals surface area contributed by atoms with Gasteiger partial charge in [-0.1, -0.05) is 52.0 Å². The molecular formula is C38H62N2O10. The van der Waals surface area contributed by atoms with E-state index in [0.717, 1.165) is 5.57 Å². The molecule has 0 aromatic carbocycles. The van der Waals surface area contributed by atoms with Crippen molar-refractivity contribution in [1.82, 2.24) is 10.2 Å². The molecule has 0 aromatic rings. The second kappa shape index (κ2) is 18.6. The number of methoxy groups -OCH3 is 1. The fraction of sp³-hybridized carbons (Fsp3) is 0.763. The summed E-state index contributed by atoms with van der Waals surface area (Å²) in [6, 6.07) is -0.139. The maximum atomic E-state index is 13.5. The molecule has 0 bridgehead atoms. The van der Waals surface area contributed by atoms with Crippen molar-refractivity contribution < 1.29 is 48.7 Å². The number of epoxide rings is 1. The lowest BCUT2D eigenvalue weighted by molar-refractivity contribution is -0.150. The van der Waals surface area contributed by atoms with Crippen LogP contribution in [0.3, 0.4) is 0 Å². The molecule has 0 unspecified atom stereocenters. The summed E-state index contributed by atoms with van der Waals surface area (Å²) in [6.07, 6.45) is 9.40. The van der Waals surface area contributed by atoms with Crippen molar-refractivity contribution in [1.29, 1.82) is 0 Å². The second-order valence-corrected chi connectivity index (χ2v) is 15.2. The summed E-state index contributed by atoms with van der Waals surface area (Å²) in [6.45, 7) is 14.7. The Morgan fingerprint density at radius 2 is 2.00 bits per heavy atom. The monoisotopic (exact) mass is 706 g/mol. The maximum absolute atomic E-state index is 13.5. The first-order valence-corrected chi connectivity index (χ1v) is 18.2. The summed E-state index contributed by atoms with van der Waals surface area (Å²) in [5, 5.41) is 33.6. The van der Waals surface area contributed by atoms with E-state index in [-0.39, 0.29) is 54.8 Å². The number of piperazine rings is 1. The first-order chi connectivity index (χ1) is 23.5. The number of hydrogen-bond donors (Lipinski definition) is 4. The van der Waals surface area contributed by atoms with Crippen LogP contribution in [0.4, 0.5) is 4.79 Å². The fourth-order valence-electron chi connectivity index (χ4n) is 6.85. The number of carbonyl (C=O) groups excluding carboxylic acids is 2. The molecule has 11 atom stereocenters. The molecule has 12 nitrogen and oxygen atoms in total. The van der Waals surface area contributed by atoms with Crippen molar-refractivity contribution >= 4 is 18.0 Å². The number of nitrogens with one attached hydrogen (secondary N) is 1. The predicted molar refractivity (Wildman–Crippen MR) is 189 cm³/mol. The van der Waals surface area contributed by atoms with Crippen LogP contribution in [0.2, 0.25) is 0 Å². The topological polar surface area (TPSA) is 167 Å². The lowest BCUT2D eigenvalue weighted by Gasteiger charge is -2.38. The van der Waals surface area contributed by atoms with Gasteiger partial charge in [-0.2, -0.15) is 0 Å². The Morgan fingerprint density at radius 1 is 1.28 bits per heavy atom. The molecule has 3 rings (SSSR count). The van der Waals surface area contributed by atoms with E-state index in [9.17, 15) is 24.6 Å². The van der Waals surface area contributed by atoms with Crippen molar-refractivity contribution in [2.45, 2.75) is 141 Å². The Morgan fingerprint density at radius 3 is 2.66 bits per heavy atom. The van der Waals surface area contributed by atoms with E-state index in [4.69, 9.17) is 24.1 Å². The third-order valence-electron chi connectivity index (χ3n) is 10.5. The Bertz CT molecular complexity index is 1230. The highest BCUT2D eigenvalue weighted by Crippen LogP contribution is 2.38. The number of amides is 1. The van der Waals surface area contributed by atoms with E-state index in [2.05, 4.69) is 5.32 Å². The molecular weight excluding hydrogens is 644 g/mol. The summed E-state index contributed by atoms with van der Waals surface area (Å²) in [5.41, 5.74) is -1.23. The maximum Gasteiger partial charge on any atom is 0.410 e. The summed E-state index contributed by atoms with van der Waals surface area (Å²) < 4.78 is 24.0. The molecule has 4 N–H and O–H groups in total. The van der Waals surface area contributed by atoms with Crippen molar-refractivity contribution in [3.8, 4) is 0 Å². The third-order valence-corrected chi connectivity index (χ3v) is 10.5. The smallest absolute Gasteiger partial charge is 0.410 e. The molecule has 1 amide bonds. The number of hydrogen-bond acceptors (Lipinski definition) is 10. The van der Waals surface area contributed by atoms with Crippen LogP contribution in [0, 0.1) is 17.8 Å². The Hall–Kier alpha value is -2.77. The number of allylic oxidation sites excluding steroid dienone is 2. The van der Waals surface area contributed by atoms with E-state index in [1.807, 2.05) is 59.8 Å². The largest absolute Gasteiger partial charge is 0.481 e. The molecule has 0 radical (unpaired) electrons. The van der Waals surface area contributed by atoms with Crippen LogP contribution in [-0.4, -0.2) is 113 Å². The molecule has 0 spiro atoms. The SMILES string of the molecule is CC[C@H](O)[C@@H](C)[C@H]1O[C@@H]1C[C@@](C)(O)/C=C/C=C(\C)[C@H]1OC(=O)C[C@H](C)CC[C@@](C)(OC)[C@@H](OC(=O)N2CCN[C@@H](CCC(=O)O)C2)/C=C/[C@@H]1C. The van der Waals surface area contributed by atoms with Crippen molar-refractivity contribution in [3.05, 3.63) is 36.0 Å². The van der Waals surface area contributed by atoms with Crippen LogP contribution >= 0.6 is 0 Å². The van der Waals surface area contributed by atoms with E-state index >= 15 is 0 Å². The van der Waals surface area contributed by atoms with Gasteiger partial charge in [0.2, 0.25) is 0 Å². The number of carbonyl (C=O) groups is 3. The predicted octanol–water partition coefficient (Wildman–Crippen LogP) is 4.78. The van der Waals surface area contributed by atoms with Crippen molar-refractivity contribution in [3.63, 3.8) is 0 Å². The highest BCUT2D eigenvalue weighted by molar-refractivity contribution is 5.70. The van der Waals surface area contributed by atoms with Gasteiger partial charge in [-0.25, -0.2) is 4.79 Å². The minimum Gasteiger partial charge on any atom is -0.481 e. The fourth-order valence-corrected chi connectivity index (χ4v) is 6.85. The quantitative estimate of drug-likeness (QED) is 0.0901. The van der Waals surface area contributed by atoms with Gasteiger partial charge in [-0.15, -0.1) is 0 Å². The highest BCUT2D eigenvalue weighted by atomic mass is 16.6. The number of carboxylic acids is 1. The van der Waals surface area contributed by atoms with Gasteiger partial charge in [-0.3, -0.25) is 9.59 Å². The van der Waals surface area contributed by atoms with Crippen LogP contribution in [0.5, 0.6) is 0 Å². The number of carboxylic acid groups (broad SMARTS) is 1. The van der Waals surface area contributed by atoms with E-state index in [1.165, 1.54) is 0 Å². The molecule has 3 heterocycles. The zero-order valence-corrected chi connectivity index (χ0v) is 31.3. The Balaban J connectivity index is 1.77. The van der Waals surface area contributed by atoms with Crippen LogP contribution in [0.15, 0.2) is 36.0 Å². The molecule has 0 aromatic heterocycles. The van der Waals surface area contributed by atoms with Crippen molar-refractivity contribution in [2.24, 2.45) is 17.8 Å². The number of aliphatic carboxylic acids is 1. The normalized spacial score (nSPS) is 34.4. The molecule has 284 valence electrons. The molecule has 3 aliphatic heterocycles. The summed E-state index contributed by atoms with van der Waals surface area (Å²) in [7, 11) is 1.59. The molecule has 12 heteroatoms. The number of cyclic esters (lactones) is 1. The van der Waals surface area contributed by atoms with Crippen LogP contribution in [0.1, 0.15) is 93.4 Å². The van der Waals surface area contributed by atoms with Gasteiger partial charge < -0.3 is 44.5 Å². The molecule has 0 aliphatic carbocycles. The average Bonchev–Trinajstić information content (AvgIpc) is 3.83. The third kappa shape index (κ3) is 12.5. The van der Waals surface area contributed by atoms with Gasteiger partial charge in [0.05, 0.1) is 23.9 Å². The first kappa shape index (κ1) is 41.6. The molecule has 2 saturated heterocycles. The first-order valence-electron chi connectivity index (χ1n) is 18.2. The van der Waals surface area contributed by atoms with E-state index in [0.29, 0.717) is 51.7 Å². The average molecular weight is 707 g/mol. The standard InChI is InChI=1S/C38H62N2O10/c1-9-29(41)27(5)35-30(48-35)22-37(6,46)17-10-11-25(3)34-26(4)12-14-31(38(7,47-8)18-16-24(2)21-33(44)50-34)49-36(45)40-20-19-39-28(23-40)13-15-32(42)43/h10-12,14,17,24,26-31,34-35,39,41,46H,9,13,15-16,18-23H2,1-8H3,(H,42,43)/b14-12+,17-10+,25-11+/t24-,26+,27-,28+,29+,30-,31+,34-,35-,37+,38-/m1/s1. The number of aliphatic hydroxyl groups is 2. The molecule has 2 fully saturated rings. The lowest BCUT2D eigenvalue weighted by atomic mass is 9.86. The minimum atomic E-state index is -1.14. The van der Waals surface area contributed by atoms with Gasteiger partial charge >= 0.3 is 18.0 Å². The molecule has 0 saturated carbocycles. The number of nitrogens with zero attached hydrogens (tertiary/aromatic N) is 1. The van der Waals surface area contributed by atoms with Crippen LogP contribution < -0.4 is 5.32 Å². The van der Waals surface area contributed by atoms with Crippen LogP contribution in [0.25, 0.3) is 0 Å². The summed E-state index contributed by atoms with van der Waals surface area (Å²) >= 11 is 0. The molecule has 3 aliphatic rings. The Labute approximate surface area is 298 Å². The number of esters is 1. The molecule has 50 heavy (non-hydrogen) atoms. The van der Waals surface area contributed by atoms with Gasteiger partial charge in [-0.05, 0) is 64.0 Å². The van der Waals surface area contributed by atoms with Gasteiger partial charge in [0, 0.05) is 63.9 Å². The number of ether oxygens (including phenoxy) is 4. The van der Waals surface area contributed by atoms with Gasteiger partial charge in [0.25, 0.3) is 0 Å². The van der Waals surface area contributed by atoms with Gasteiger partial charge in [0.15, 0.2) is 6.10 Å². The Kier molecular flexibility index (Phi) is 15.5. The number of aliphatic hydroxyl groups excluding tert-OH is 1. The van der Waals surface area contributed by atoms with Crippen molar-refractivity contribution in [2.75, 3.05) is 26.7 Å². The summed E-state index contributed by atoms with van der Waals surface area (Å²) in [5.74, 6) is -1.49. The number of rotatable bonds is 13. The van der Waals surface area contributed by atoms with E-state index < -0.39 is 41.6 Å². The second-order valence-electron chi connectivity index (χ2n) is 15.2. The summed E-state index contributed by atoms with van der Waals surface area (Å²) in [4.78, 5) is 39.3. The highest BCUT2D eigenvalue weighted by Gasteiger charge is 2.47. The lowest BCUT2D eigenvalue weighted by Crippen LogP contribution is -2.54. The zero-order valence-electron chi connectivity index (χ0n) is 31.3. The zero-order chi connectivity index (χ0) is 37.2. The van der Waals surface area contributed by atoms with E-state index in [1.54, 1.807) is 31.1 Å².